The third-order valence-electron chi connectivity index (χ3n) is 12.2. The molecular weight excluding hydrogens is 1410 g/mol. The number of carbonyl (C=O) groups excluding carboxylic acids is 2. The average molecular weight is 1530 g/mol. The van der Waals surface area contributed by atoms with Gasteiger partial charge in [0.1, 0.15) is 69.9 Å². The first-order chi connectivity index (χ1) is 47.7. The molecule has 12 N–H and O–H groups in total. The molecule has 33 nitrogen and oxygen atoms in total. The molecule has 0 amide bonds. The Bertz CT molecular complexity index is 4230. The molecule has 0 saturated carbocycles. The molecule has 4 unspecified atom stereocenters. The Hall–Kier alpha value is -9.98. The summed E-state index contributed by atoms with van der Waals surface area (Å²) in [6.07, 6.45) is 10.7. The van der Waals surface area contributed by atoms with Gasteiger partial charge in [0.25, 0.3) is 10.9 Å². The van der Waals surface area contributed by atoms with Gasteiger partial charge in [-0.3, -0.25) is 19.7 Å². The number of anilines is 5. The standard InChI is InChI=1S/C18H18N6O3S.C10H15BN3OS.C7H11BN3OS.C7H11N3O.C7H9N3O.C6H9N3O.C6H7N3O.7CH4/c1-10(2)20-16-15(9-19-12(4)21-16)11(3)28-18-23-22-17(27-18)13-5-7-14(8-6-13)24(25)26;1-6(2)13-10-9(7(3)15-16-11)5-12-8(4)14-10;1-4(12-13-8)6-3-10-5(2)11-7(6)9;2*1-4(11)6-3-9-5(2)10-7(6)8;2*1-4-8-2-5(3-10)6(7)9-4;;;;;;;/h5-9,11H,1-4H3;5,7,11H,1-4H3;3-4,8H,1-2H3,(H2,9,10,11);3-4,11H,1-2H3,(H2,8,9,10);3H,1-2H3,(H2,8,9,10);2,10H,3H2,1H3,(H2,7,8,9);2-3H,1H3,(H2,7,8,9);7*1H4/i;11T;8T;;;;;;;;;;;. The van der Waals surface area contributed by atoms with Crippen molar-refractivity contribution in [3.63, 3.8) is 0 Å². The van der Waals surface area contributed by atoms with E-state index >= 15 is 0 Å². The second-order valence-corrected chi connectivity index (χ2v) is 23.0. The van der Waals surface area contributed by atoms with E-state index in [9.17, 15) is 19.7 Å². The number of hydrogen-bond acceptors (Lipinski definition) is 35. The van der Waals surface area contributed by atoms with Crippen molar-refractivity contribution in [2.75, 3.05) is 28.7 Å². The fraction of sp³-hybridized carbons (Fsp3) is 0.412. The van der Waals surface area contributed by atoms with Crippen LogP contribution in [0.2, 0.25) is 0 Å². The number of aliphatic hydroxyl groups excluding tert-OH is 2. The quantitative estimate of drug-likeness (QED) is 0.00578. The number of aryl methyl sites for hydroxylation is 7. The molecule has 4 atom stereocenters. The van der Waals surface area contributed by atoms with Crippen LogP contribution in [0.5, 0.6) is 0 Å². The van der Waals surface area contributed by atoms with Crippen LogP contribution in [0.4, 0.5) is 46.4 Å². The van der Waals surface area contributed by atoms with Gasteiger partial charge in [0.05, 0.1) is 41.0 Å². The van der Waals surface area contributed by atoms with E-state index in [0.29, 0.717) is 115 Å². The number of nitrogens with two attached hydrogens (primary N) is 5. The van der Waals surface area contributed by atoms with Crippen molar-refractivity contribution >= 4 is 120 Å². The van der Waals surface area contributed by atoms with Gasteiger partial charge in [-0.2, -0.15) is 0 Å². The Labute approximate surface area is 642 Å². The number of nitrogens with zero attached hydrogens (tertiary/aromatic N) is 19. The number of ketones is 1. The van der Waals surface area contributed by atoms with Crippen LogP contribution < -0.4 is 28.7 Å². The fourth-order valence-electron chi connectivity index (χ4n) is 7.31. The SMILES string of the molecule is C.C.C.C.C.C.C.CC(=O)c1cnc(C)nc1N.CC(C)=Nc1nc(C)ncc1C(C)Sc1nnc(-c2ccc([N+](=O)[O-])cc2)o1.Cc1ncc(C(C)O)c(N)n1.Cc1ncc(C=O)c(N)n1.Cc1ncc(CO)c(N)n1.[3H][B]SOC(C)c1cnc(C)nc1N.[3H][B]SOC(C)c1cnc(C)nc1N=C(C)C. The minimum absolute atomic E-state index is 0. The number of nitro benzene ring substituents is 1. The normalized spacial score (nSPS) is 10.9. The van der Waals surface area contributed by atoms with Crippen LogP contribution in [-0.4, -0.2) is 135 Å². The third-order valence-corrected chi connectivity index (χ3v) is 14.0. The minimum atomic E-state index is -0.601. The molecule has 0 aliphatic carbocycles. The summed E-state index contributed by atoms with van der Waals surface area (Å²) in [5.41, 5.74) is 34.2. The molecular formula is C68H108B2N24O9S3. The van der Waals surface area contributed by atoms with Gasteiger partial charge in [0.2, 0.25) is 20.1 Å². The highest BCUT2D eigenvalue weighted by molar-refractivity contribution is 8.16. The lowest BCUT2D eigenvalue weighted by Crippen LogP contribution is -2.05. The van der Waals surface area contributed by atoms with Gasteiger partial charge in [0, 0.05) is 106 Å². The van der Waals surface area contributed by atoms with Crippen LogP contribution in [-0.2, 0) is 15.0 Å². The second kappa shape index (κ2) is 52.9. The Balaban J connectivity index is -0.000000392. The lowest BCUT2D eigenvalue weighted by molar-refractivity contribution is -0.384. The number of nitrogen functional groups attached to an aromatic ring is 5. The molecule has 9 rings (SSSR count). The van der Waals surface area contributed by atoms with E-state index in [1.165, 1.54) is 49.4 Å². The van der Waals surface area contributed by atoms with Crippen molar-refractivity contribution in [3.8, 4) is 11.5 Å². The number of aliphatic imine (C=N–C) groups is 2. The first kappa shape index (κ1) is 100. The number of non-ortho nitro benzene ring substituents is 1. The Kier molecular flexibility index (Phi) is 50.0. The van der Waals surface area contributed by atoms with Crippen LogP contribution in [0, 0.1) is 58.6 Å². The predicted octanol–water partition coefficient (Wildman–Crippen LogP) is 13.5. The van der Waals surface area contributed by atoms with E-state index in [1.54, 1.807) is 78.5 Å². The summed E-state index contributed by atoms with van der Waals surface area (Å²) in [7, 11) is 2.25. The van der Waals surface area contributed by atoms with E-state index < -0.39 is 11.0 Å². The largest absolute Gasteiger partial charge is 0.411 e. The van der Waals surface area contributed by atoms with Gasteiger partial charge in [-0.15, -0.1) is 10.2 Å². The first-order valence-electron chi connectivity index (χ1n) is 30.6. The molecule has 38 heteroatoms. The monoisotopic (exact) mass is 1530 g/mol. The summed E-state index contributed by atoms with van der Waals surface area (Å²) in [6.45, 7) is 28.7. The van der Waals surface area contributed by atoms with Crippen molar-refractivity contribution < 1.29 is 37.5 Å². The predicted molar refractivity (Wildman–Crippen MR) is 435 cm³/mol. The summed E-state index contributed by atoms with van der Waals surface area (Å²) in [6, 6.07) is 5.95. The summed E-state index contributed by atoms with van der Waals surface area (Å²) in [5.74, 6) is 7.44. The Morgan fingerprint density at radius 2 is 0.972 bits per heavy atom. The maximum atomic E-state index is 10.8. The topological polar surface area (TPSA) is 510 Å². The van der Waals surface area contributed by atoms with E-state index in [-0.39, 0.29) is 99.2 Å². The van der Waals surface area contributed by atoms with Crippen molar-refractivity contribution in [1.82, 2.24) is 80.0 Å². The smallest absolute Gasteiger partial charge is 0.277 e. The van der Waals surface area contributed by atoms with Gasteiger partial charge in [-0.25, -0.2) is 79.8 Å². The van der Waals surface area contributed by atoms with Crippen molar-refractivity contribution in [1.29, 1.82) is 2.67 Å². The summed E-state index contributed by atoms with van der Waals surface area (Å²) in [5, 5.41) is 36.9. The zero-order valence-electron chi connectivity index (χ0n) is 59.5. The zero-order chi connectivity index (χ0) is 75.6. The van der Waals surface area contributed by atoms with Crippen molar-refractivity contribution in [2.45, 2.75) is 198 Å². The molecule has 0 spiro atoms. The van der Waals surface area contributed by atoms with Gasteiger partial charge in [-0.05, 0) is 126 Å². The number of thioether (sulfide) groups is 1. The van der Waals surface area contributed by atoms with E-state index in [0.717, 1.165) is 66.1 Å². The summed E-state index contributed by atoms with van der Waals surface area (Å²) in [4.78, 5) is 96.1. The number of rotatable bonds is 19. The molecule has 8 aromatic heterocycles. The third kappa shape index (κ3) is 36.1. The van der Waals surface area contributed by atoms with Crippen LogP contribution in [0.25, 0.3) is 11.5 Å². The molecule has 0 bridgehead atoms. The summed E-state index contributed by atoms with van der Waals surface area (Å²) >= 11 is 3.30. The molecule has 2 radical (unpaired) electrons. The second-order valence-electron chi connectivity index (χ2n) is 20.9. The van der Waals surface area contributed by atoms with Crippen LogP contribution in [0.3, 0.4) is 0 Å². The molecule has 0 saturated heterocycles. The Morgan fingerprint density at radius 3 is 1.38 bits per heavy atom. The number of aliphatic hydroxyl groups is 2. The van der Waals surface area contributed by atoms with Crippen LogP contribution >= 0.6 is 35.5 Å². The van der Waals surface area contributed by atoms with Gasteiger partial charge < -0.3 is 51.7 Å². The van der Waals surface area contributed by atoms with Crippen molar-refractivity contribution in [2.24, 2.45) is 9.98 Å². The lowest BCUT2D eigenvalue weighted by atomic mass is 10.2. The maximum absolute atomic E-state index is 10.8. The zero-order valence-corrected chi connectivity index (χ0v) is 59.9. The number of Topliss-reactive ketones (excluding diaryl/α,β-unsaturated/α-hetero) is 1. The van der Waals surface area contributed by atoms with Gasteiger partial charge in [-0.1, -0.05) is 87.5 Å². The summed E-state index contributed by atoms with van der Waals surface area (Å²) < 4.78 is 30.0. The number of aldehydes is 1. The fourth-order valence-corrected chi connectivity index (χ4v) is 8.66. The molecule has 1 aromatic carbocycles. The first-order valence-corrected chi connectivity index (χ1v) is 31.9. The maximum Gasteiger partial charge on any atom is 0.277 e. The number of benzene rings is 1. The number of carbonyl (C=O) groups is 2. The van der Waals surface area contributed by atoms with E-state index in [1.807, 2.05) is 62.3 Å². The van der Waals surface area contributed by atoms with Crippen LogP contribution in [0.15, 0.2) is 87.3 Å². The average Bonchev–Trinajstić information content (AvgIpc) is 1.57. The minimum Gasteiger partial charge on any atom is -0.411 e. The van der Waals surface area contributed by atoms with E-state index in [2.05, 4.69) is 90.0 Å². The van der Waals surface area contributed by atoms with Crippen molar-refractivity contribution in [3.05, 3.63) is 157 Å². The highest BCUT2D eigenvalue weighted by Gasteiger charge is 2.20. The van der Waals surface area contributed by atoms with Gasteiger partial charge in [0.15, 0.2) is 23.7 Å². The molecule has 106 heavy (non-hydrogen) atoms. The highest BCUT2D eigenvalue weighted by Crippen LogP contribution is 2.39. The van der Waals surface area contributed by atoms with Crippen LogP contribution in [0.1, 0.15) is 227 Å². The number of nitro groups is 1. The molecule has 0 aliphatic heterocycles. The molecule has 9 aromatic rings. The molecule has 0 fully saturated rings. The highest BCUT2D eigenvalue weighted by atomic mass is 32.2. The molecule has 8 heterocycles. The molecule has 0 aliphatic rings. The van der Waals surface area contributed by atoms with Gasteiger partial charge >= 0.3 is 0 Å². The van der Waals surface area contributed by atoms with E-state index in [4.69, 9.17) is 54.3 Å². The number of aromatic nitrogens is 16. The number of hydrogen-bond donors (Lipinski definition) is 7. The Morgan fingerprint density at radius 1 is 0.575 bits per heavy atom. The molecule has 578 valence electrons. The lowest BCUT2D eigenvalue weighted by Gasteiger charge is -2.12.